The Hall–Kier alpha value is -4.12. The van der Waals surface area contributed by atoms with E-state index < -0.39 is 42.5 Å². The van der Waals surface area contributed by atoms with E-state index >= 15 is 0 Å². The van der Waals surface area contributed by atoms with Crippen LogP contribution in [0.2, 0.25) is 19.6 Å². The Morgan fingerprint density at radius 1 is 0.651 bits per heavy atom. The molecule has 4 aliphatic carbocycles. The van der Waals surface area contributed by atoms with Crippen LogP contribution in [0.1, 0.15) is 152 Å². The number of aromatic nitrogens is 1. The van der Waals surface area contributed by atoms with E-state index in [1.54, 1.807) is 18.2 Å². The number of aliphatic hydroxyl groups excluding tert-OH is 1. The zero-order valence-electron chi connectivity index (χ0n) is 48.3. The smallest absolute Gasteiger partial charge is 0.485 e. The number of carbonyl (C=O) groups excluding carboxylic acids is 1. The number of allylic oxidation sites excluding steroid dienone is 2. The Balaban J connectivity index is -0.000000463. The predicted molar refractivity (Wildman–Crippen MR) is 346 cm³/mol. The van der Waals surface area contributed by atoms with Crippen LogP contribution in [0.3, 0.4) is 0 Å². The first-order valence-electron chi connectivity index (χ1n) is 27.5. The molecule has 1 aromatic heterocycles. The van der Waals surface area contributed by atoms with Gasteiger partial charge in [0.1, 0.15) is 12.3 Å². The van der Waals surface area contributed by atoms with Gasteiger partial charge in [-0.2, -0.15) is 13.2 Å². The molecule has 0 saturated heterocycles. The molecule has 0 bridgehead atoms. The van der Waals surface area contributed by atoms with Crippen molar-refractivity contribution < 1.29 is 62.9 Å². The summed E-state index contributed by atoms with van der Waals surface area (Å²) in [7, 11) is -6.40. The first-order valence-corrected chi connectivity index (χ1v) is 33.4. The number of hydrogen-bond acceptors (Lipinski definition) is 9. The van der Waals surface area contributed by atoms with Gasteiger partial charge in [-0.25, -0.2) is 21.6 Å². The topological polar surface area (TPSA) is 172 Å². The lowest BCUT2D eigenvalue weighted by Gasteiger charge is -2.31. The number of benzene rings is 4. The Morgan fingerprint density at radius 3 is 1.33 bits per heavy atom. The number of alkyl halides is 8. The van der Waals surface area contributed by atoms with Crippen LogP contribution in [0.25, 0.3) is 0 Å². The number of carbonyl (C=O) groups is 1. The van der Waals surface area contributed by atoms with Gasteiger partial charge in [0, 0.05) is 49.0 Å². The molecule has 86 heavy (non-hydrogen) atoms. The van der Waals surface area contributed by atoms with Crippen molar-refractivity contribution in [3.8, 4) is 0 Å². The normalized spacial score (nSPS) is 18.5. The second-order valence-corrected chi connectivity index (χ2v) is 26.7. The first-order chi connectivity index (χ1) is 39.0. The van der Waals surface area contributed by atoms with Crippen LogP contribution in [-0.4, -0.2) is 80.7 Å². The number of rotatable bonds is 8. The number of nitrogens with one attached hydrogen (secondary N) is 1. The molecule has 10 nitrogen and oxygen atoms in total. The van der Waals surface area contributed by atoms with Crippen LogP contribution in [0.5, 0.6) is 0 Å². The van der Waals surface area contributed by atoms with E-state index in [1.807, 2.05) is 72.8 Å². The van der Waals surface area contributed by atoms with Crippen LogP contribution in [-0.2, 0) is 19.3 Å². The first kappa shape index (κ1) is 88.3. The van der Waals surface area contributed by atoms with Crippen molar-refractivity contribution in [3.63, 3.8) is 0 Å². The van der Waals surface area contributed by atoms with Crippen molar-refractivity contribution in [3.05, 3.63) is 186 Å². The highest BCUT2D eigenvalue weighted by Crippen LogP contribution is 2.29. The van der Waals surface area contributed by atoms with Crippen molar-refractivity contribution in [2.45, 2.75) is 185 Å². The Morgan fingerprint density at radius 2 is 1.02 bits per heavy atom. The summed E-state index contributed by atoms with van der Waals surface area (Å²) in [6.07, 6.45) is 17.5. The fraction of sp³-hybridized carbons (Fsp3) is 0.492. The summed E-state index contributed by atoms with van der Waals surface area (Å²) in [5, 5.41) is 10.8. The van der Waals surface area contributed by atoms with E-state index in [4.69, 9.17) is 57.2 Å². The zero-order chi connectivity index (χ0) is 61.4. The SMILES string of the molecule is C.C.CO.C[Si](C)(C)OC1=CCCCC1.Cl.Cl.ClCCl.F[C@H]1CCCC[C@H]1NC(c1ccccc1)c1ccccc1.F[n+]1ccccc1.NC(c1ccccc1)c1ccccc1.N[C@@H]1CCCC[C@@H]1F.O=C1CCCCC1F.O=S(=O)([O-])C(F)(F)F. The zero-order valence-corrected chi connectivity index (χ0v) is 53.3. The van der Waals surface area contributed by atoms with Crippen molar-refractivity contribution in [1.29, 1.82) is 0 Å². The largest absolute Gasteiger partial charge is 0.741 e. The molecule has 3 fully saturated rings. The van der Waals surface area contributed by atoms with Gasteiger partial charge >= 0.3 is 5.51 Å². The third-order valence-corrected chi connectivity index (χ3v) is 13.9. The Labute approximate surface area is 532 Å². The Kier molecular flexibility index (Phi) is 52.1. The highest BCUT2D eigenvalue weighted by Gasteiger charge is 2.37. The molecule has 0 spiro atoms. The summed E-state index contributed by atoms with van der Waals surface area (Å²) < 4.78 is 115. The minimum atomic E-state index is -6.09. The quantitative estimate of drug-likeness (QED) is 0.0388. The van der Waals surface area contributed by atoms with Crippen LogP contribution < -0.4 is 21.6 Å². The number of halogens is 11. The molecule has 1 unspecified atom stereocenters. The summed E-state index contributed by atoms with van der Waals surface area (Å²) in [6, 6.07) is 45.8. The molecule has 23 heteroatoms. The second-order valence-electron chi connectivity index (χ2n) is 20.1. The molecule has 1 heterocycles. The number of Topliss-reactive ketones (excluding diaryl/α,β-unsaturated/α-hetero) is 1. The molecule has 9 rings (SSSR count). The monoisotopic (exact) mass is 1340 g/mol. The highest BCUT2D eigenvalue weighted by atomic mass is 35.5. The maximum absolute atomic E-state index is 14.2. The number of aliphatic hydroxyl groups is 1. The summed E-state index contributed by atoms with van der Waals surface area (Å²) in [4.78, 5) is 10.9. The summed E-state index contributed by atoms with van der Waals surface area (Å²) in [5.41, 5.74) is 10.6. The van der Waals surface area contributed by atoms with Crippen LogP contribution in [0, 0.1) is 0 Å². The third kappa shape index (κ3) is 40.4. The van der Waals surface area contributed by atoms with Crippen LogP contribution in [0.15, 0.2) is 164 Å². The van der Waals surface area contributed by atoms with Gasteiger partial charge in [0.15, 0.2) is 22.1 Å². The van der Waals surface area contributed by atoms with Gasteiger partial charge in [-0.05, 0) is 112 Å². The third-order valence-electron chi connectivity index (χ3n) is 12.5. The molecule has 0 amide bonds. The van der Waals surface area contributed by atoms with Crippen LogP contribution in [0.4, 0.5) is 30.8 Å². The minimum Gasteiger partial charge on any atom is -0.741 e. The average Bonchev–Trinajstić information content (AvgIpc) is 3.38. The van der Waals surface area contributed by atoms with Crippen molar-refractivity contribution in [2.24, 2.45) is 11.5 Å². The molecule has 5 aromatic rings. The van der Waals surface area contributed by atoms with Gasteiger partial charge < -0.3 is 30.9 Å². The fourth-order valence-corrected chi connectivity index (χ4v) is 9.38. The second kappa shape index (κ2) is 50.7. The maximum atomic E-state index is 14.2. The van der Waals surface area contributed by atoms with Gasteiger partial charge in [0.2, 0.25) is 20.7 Å². The molecular formula is C63H95Cl4F7N4O6SSi. The summed E-state index contributed by atoms with van der Waals surface area (Å²) in [6.45, 7) is 6.72. The van der Waals surface area contributed by atoms with E-state index in [0.29, 0.717) is 30.5 Å². The average molecular weight is 1340 g/mol. The minimum absolute atomic E-state index is 0. The van der Waals surface area contributed by atoms with Gasteiger partial charge in [0.05, 0.1) is 27.7 Å². The molecule has 5 atom stereocenters. The van der Waals surface area contributed by atoms with E-state index in [1.165, 1.54) is 55.0 Å². The molecule has 490 valence electrons. The number of nitrogens with two attached hydrogens (primary N) is 2. The standard InChI is InChI=1S/C19H22FN.C13H13N.C9H18OSi.C6H12FN.C6H9FO.C5H5FN.CH2Cl2.CHF3O3S.CH4O.2CH4.2ClH/c20-17-13-7-8-14-18(17)21-19(15-9-3-1-4-10-15)16-11-5-2-6-12-16;14-13(11-7-3-1-4-8-11)12-9-5-2-6-10-12;1-11(2,3)10-9-7-5-4-6-8-9;2*7-5-3-1-2-4-6(5)8;6-7-4-2-1-3-5-7;2-1-3;2-1(3,4)8(5,6)7;1-2;;;;/h1-6,9-12,17-19,21H,7-8,13-14H2;1-10,13H,14H2;7H,4-6,8H2,1-3H3;5-6H,1-4,8H2;5H,1-4H2;1-5H;1H2;(H,5,6,7);2H,1H3;2*1H4;2*1H/q;;;;;+1;;;;;;;/p-1/t17-,18+;;;5-,6+;;;;;;;;;/m0..0........./s1. The molecule has 6 N–H and O–H groups in total. The number of ketones is 1. The van der Waals surface area contributed by atoms with E-state index in [9.17, 15) is 35.6 Å². The number of nitrogens with zero attached hydrogens (tertiary/aromatic N) is 1. The Bertz CT molecular complexity index is 2440. The molecular weight excluding hydrogens is 1240 g/mol. The summed E-state index contributed by atoms with van der Waals surface area (Å²) in [5.74, 6) is 1.06. The molecule has 0 aliphatic heterocycles. The van der Waals surface area contributed by atoms with Gasteiger partial charge in [-0.15, -0.1) is 48.0 Å². The number of hydrogen-bond donors (Lipinski definition) is 4. The molecule has 3 saturated carbocycles. The predicted octanol–water partition coefficient (Wildman–Crippen LogP) is 17.3. The van der Waals surface area contributed by atoms with Gasteiger partial charge in [-0.3, -0.25) is 4.79 Å². The lowest BCUT2D eigenvalue weighted by atomic mass is 9.90. The van der Waals surface area contributed by atoms with Gasteiger partial charge in [0.25, 0.3) is 0 Å². The van der Waals surface area contributed by atoms with Crippen molar-refractivity contribution in [2.75, 3.05) is 12.4 Å². The van der Waals surface area contributed by atoms with E-state index in [-0.39, 0.29) is 75.0 Å². The van der Waals surface area contributed by atoms with Crippen molar-refractivity contribution >= 4 is 72.2 Å². The van der Waals surface area contributed by atoms with E-state index in [0.717, 1.165) is 69.6 Å². The lowest BCUT2D eigenvalue weighted by molar-refractivity contribution is -0.843. The van der Waals surface area contributed by atoms with Crippen molar-refractivity contribution in [1.82, 2.24) is 5.32 Å². The molecule has 4 aliphatic rings. The lowest BCUT2D eigenvalue weighted by Crippen LogP contribution is -2.42. The molecule has 4 aromatic carbocycles. The highest BCUT2D eigenvalue weighted by molar-refractivity contribution is 7.86. The fourth-order valence-electron chi connectivity index (χ4n) is 8.40. The van der Waals surface area contributed by atoms with Gasteiger partial charge in [-0.1, -0.05) is 168 Å². The molecule has 0 radical (unpaired) electrons. The maximum Gasteiger partial charge on any atom is 0.485 e. The van der Waals surface area contributed by atoms with E-state index in [2.05, 4.69) is 79.6 Å². The summed E-state index contributed by atoms with van der Waals surface area (Å²) >= 11 is 9.53. The number of pyridine rings is 1. The van der Waals surface area contributed by atoms with Crippen LogP contribution >= 0.6 is 48.0 Å².